The fourth-order valence-electron chi connectivity index (χ4n) is 2.44. The van der Waals surface area contributed by atoms with Crippen LogP contribution in [-0.4, -0.2) is 42.2 Å². The van der Waals surface area contributed by atoms with E-state index in [1.54, 1.807) is 13.0 Å². The van der Waals surface area contributed by atoms with E-state index >= 15 is 0 Å². The zero-order chi connectivity index (χ0) is 13.1. The van der Waals surface area contributed by atoms with Crippen molar-refractivity contribution < 1.29 is 14.3 Å². The van der Waals surface area contributed by atoms with Crippen molar-refractivity contribution in [2.45, 2.75) is 32.4 Å². The minimum atomic E-state index is -0.932. The molecule has 0 radical (unpaired) electrons. The molecule has 2 rings (SSSR count). The number of likely N-dealkylation sites (N-methyl/N-ethyl adjacent to an activating group) is 1. The minimum Gasteiger partial charge on any atom is -0.478 e. The molecule has 0 aromatic carbocycles. The molecular weight excluding hydrogens is 232 g/mol. The van der Waals surface area contributed by atoms with Crippen LogP contribution in [0.25, 0.3) is 0 Å². The highest BCUT2D eigenvalue weighted by Gasteiger charge is 2.20. The minimum absolute atomic E-state index is 0.254. The highest BCUT2D eigenvalue weighted by atomic mass is 16.4. The van der Waals surface area contributed by atoms with Crippen molar-refractivity contribution in [2.75, 3.05) is 20.1 Å². The first-order chi connectivity index (χ1) is 8.58. The molecule has 0 saturated carbocycles. The highest BCUT2D eigenvalue weighted by molar-refractivity contribution is 5.88. The van der Waals surface area contributed by atoms with Crippen LogP contribution in [0, 0.1) is 6.92 Å². The zero-order valence-corrected chi connectivity index (χ0v) is 10.9. The molecule has 5 nitrogen and oxygen atoms in total. The zero-order valence-electron chi connectivity index (χ0n) is 10.9. The van der Waals surface area contributed by atoms with E-state index in [0.717, 1.165) is 13.1 Å². The molecule has 0 spiro atoms. The van der Waals surface area contributed by atoms with Crippen LogP contribution in [0.4, 0.5) is 0 Å². The molecule has 1 atom stereocenters. The summed E-state index contributed by atoms with van der Waals surface area (Å²) >= 11 is 0. The summed E-state index contributed by atoms with van der Waals surface area (Å²) in [6.07, 6.45) is 2.48. The molecule has 1 saturated heterocycles. The van der Waals surface area contributed by atoms with Gasteiger partial charge in [0.2, 0.25) is 0 Å². The van der Waals surface area contributed by atoms with Crippen molar-refractivity contribution in [3.63, 3.8) is 0 Å². The van der Waals surface area contributed by atoms with Gasteiger partial charge in [-0.2, -0.15) is 0 Å². The normalized spacial score (nSPS) is 20.4. The number of nitrogens with zero attached hydrogens (tertiary/aromatic N) is 1. The number of rotatable bonds is 5. The molecule has 2 heterocycles. The Morgan fingerprint density at radius 1 is 1.67 bits per heavy atom. The van der Waals surface area contributed by atoms with Crippen LogP contribution >= 0.6 is 0 Å². The fourth-order valence-corrected chi connectivity index (χ4v) is 2.44. The molecule has 2 N–H and O–H groups in total. The van der Waals surface area contributed by atoms with Gasteiger partial charge in [-0.15, -0.1) is 0 Å². The van der Waals surface area contributed by atoms with E-state index in [1.807, 2.05) is 0 Å². The van der Waals surface area contributed by atoms with Gasteiger partial charge in [0.05, 0.1) is 6.54 Å². The van der Waals surface area contributed by atoms with E-state index < -0.39 is 5.97 Å². The first-order valence-corrected chi connectivity index (χ1v) is 6.31. The summed E-state index contributed by atoms with van der Waals surface area (Å²) < 4.78 is 5.41. The van der Waals surface area contributed by atoms with Gasteiger partial charge in [-0.25, -0.2) is 4.79 Å². The summed E-state index contributed by atoms with van der Waals surface area (Å²) in [6.45, 7) is 4.34. The van der Waals surface area contributed by atoms with E-state index in [-0.39, 0.29) is 5.56 Å². The topological polar surface area (TPSA) is 65.7 Å². The number of aromatic carboxylic acids is 1. The molecule has 0 amide bonds. The second-order valence-electron chi connectivity index (χ2n) is 4.90. The van der Waals surface area contributed by atoms with Gasteiger partial charge >= 0.3 is 5.97 Å². The quantitative estimate of drug-likeness (QED) is 0.830. The van der Waals surface area contributed by atoms with Crippen LogP contribution in [0.2, 0.25) is 0 Å². The lowest BCUT2D eigenvalue weighted by Gasteiger charge is -2.19. The number of furan rings is 1. The summed E-state index contributed by atoms with van der Waals surface area (Å²) in [5, 5.41) is 12.2. The average molecular weight is 252 g/mol. The fraction of sp³-hybridized carbons (Fsp3) is 0.615. The standard InChI is InChI=1S/C13H20N2O3/c1-9-12(13(16)17)6-11(18-9)8-14-7-10-4-3-5-15(10)2/h6,10,14H,3-5,7-8H2,1-2H3,(H,16,17). The predicted molar refractivity (Wildman–Crippen MR) is 67.8 cm³/mol. The lowest BCUT2D eigenvalue weighted by Crippen LogP contribution is -2.35. The maximum atomic E-state index is 10.9. The summed E-state index contributed by atoms with van der Waals surface area (Å²) in [7, 11) is 2.14. The smallest absolute Gasteiger partial charge is 0.339 e. The lowest BCUT2D eigenvalue weighted by molar-refractivity contribution is 0.0695. The van der Waals surface area contributed by atoms with Gasteiger partial charge in [-0.1, -0.05) is 0 Å². The number of nitrogens with one attached hydrogen (secondary N) is 1. The Morgan fingerprint density at radius 2 is 2.44 bits per heavy atom. The Hall–Kier alpha value is -1.33. The van der Waals surface area contributed by atoms with Crippen LogP contribution in [0.3, 0.4) is 0 Å². The van der Waals surface area contributed by atoms with E-state index in [0.29, 0.717) is 24.1 Å². The molecule has 1 aliphatic rings. The third-order valence-electron chi connectivity index (χ3n) is 3.55. The number of hydrogen-bond acceptors (Lipinski definition) is 4. The number of hydrogen-bond donors (Lipinski definition) is 2. The van der Waals surface area contributed by atoms with Gasteiger partial charge in [0.1, 0.15) is 17.1 Å². The van der Waals surface area contributed by atoms with Crippen LogP contribution in [0.5, 0.6) is 0 Å². The molecule has 1 aromatic rings. The molecule has 0 aliphatic carbocycles. The third kappa shape index (κ3) is 2.91. The van der Waals surface area contributed by atoms with Crippen LogP contribution in [-0.2, 0) is 6.54 Å². The van der Waals surface area contributed by atoms with Crippen molar-refractivity contribution in [3.8, 4) is 0 Å². The predicted octanol–water partition coefficient (Wildman–Crippen LogP) is 1.47. The van der Waals surface area contributed by atoms with Gasteiger partial charge in [0.25, 0.3) is 0 Å². The largest absolute Gasteiger partial charge is 0.478 e. The first kappa shape index (κ1) is 13.1. The molecule has 1 fully saturated rings. The summed E-state index contributed by atoms with van der Waals surface area (Å²) in [6, 6.07) is 2.18. The molecular formula is C13H20N2O3. The van der Waals surface area contributed by atoms with Crippen molar-refractivity contribution in [1.82, 2.24) is 10.2 Å². The van der Waals surface area contributed by atoms with Crippen LogP contribution in [0.15, 0.2) is 10.5 Å². The average Bonchev–Trinajstić information content (AvgIpc) is 2.86. The van der Waals surface area contributed by atoms with Gasteiger partial charge < -0.3 is 19.7 Å². The van der Waals surface area contributed by atoms with Gasteiger partial charge in [0.15, 0.2) is 0 Å². The van der Waals surface area contributed by atoms with Gasteiger partial charge in [-0.05, 0) is 39.4 Å². The van der Waals surface area contributed by atoms with E-state index in [4.69, 9.17) is 9.52 Å². The maximum Gasteiger partial charge on any atom is 0.339 e. The molecule has 0 bridgehead atoms. The number of carboxylic acid groups (broad SMARTS) is 1. The van der Waals surface area contributed by atoms with Crippen molar-refractivity contribution >= 4 is 5.97 Å². The third-order valence-corrected chi connectivity index (χ3v) is 3.55. The van der Waals surface area contributed by atoms with Crippen LogP contribution in [0.1, 0.15) is 34.7 Å². The van der Waals surface area contributed by atoms with Crippen molar-refractivity contribution in [3.05, 3.63) is 23.2 Å². The number of likely N-dealkylation sites (tertiary alicyclic amines) is 1. The second kappa shape index (κ2) is 5.54. The monoisotopic (exact) mass is 252 g/mol. The molecule has 1 unspecified atom stereocenters. The van der Waals surface area contributed by atoms with E-state index in [2.05, 4.69) is 17.3 Å². The molecule has 1 aromatic heterocycles. The van der Waals surface area contributed by atoms with Gasteiger partial charge in [-0.3, -0.25) is 0 Å². The van der Waals surface area contributed by atoms with E-state index in [1.165, 1.54) is 12.8 Å². The lowest BCUT2D eigenvalue weighted by atomic mass is 10.2. The highest BCUT2D eigenvalue weighted by Crippen LogP contribution is 2.16. The first-order valence-electron chi connectivity index (χ1n) is 6.31. The Kier molecular flexibility index (Phi) is 4.04. The molecule has 5 heteroatoms. The molecule has 1 aliphatic heterocycles. The maximum absolute atomic E-state index is 10.9. The number of aryl methyl sites for hydroxylation is 1. The van der Waals surface area contributed by atoms with Gasteiger partial charge in [0, 0.05) is 12.6 Å². The Morgan fingerprint density at radius 3 is 3.00 bits per heavy atom. The Labute approximate surface area is 107 Å². The molecule has 100 valence electrons. The Balaban J connectivity index is 1.83. The van der Waals surface area contributed by atoms with E-state index in [9.17, 15) is 4.79 Å². The van der Waals surface area contributed by atoms with Crippen LogP contribution < -0.4 is 5.32 Å². The summed E-state index contributed by atoms with van der Waals surface area (Å²) in [4.78, 5) is 13.2. The number of carbonyl (C=O) groups is 1. The van der Waals surface area contributed by atoms with Crippen molar-refractivity contribution in [1.29, 1.82) is 0 Å². The SMILES string of the molecule is Cc1oc(CNCC2CCCN2C)cc1C(=O)O. The number of carboxylic acids is 1. The van der Waals surface area contributed by atoms with Crippen molar-refractivity contribution in [2.24, 2.45) is 0 Å². The Bertz CT molecular complexity index is 428. The molecule has 18 heavy (non-hydrogen) atoms. The summed E-state index contributed by atoms with van der Waals surface area (Å²) in [5.74, 6) is 0.223. The second-order valence-corrected chi connectivity index (χ2v) is 4.90. The summed E-state index contributed by atoms with van der Waals surface area (Å²) in [5.41, 5.74) is 0.254.